The van der Waals surface area contributed by atoms with E-state index in [9.17, 15) is 0 Å². The first-order valence-electron chi connectivity index (χ1n) is 5.21. The van der Waals surface area contributed by atoms with Crippen LogP contribution in [0.15, 0.2) is 18.2 Å². The number of aryl methyl sites for hydroxylation is 1. The van der Waals surface area contributed by atoms with E-state index in [1.165, 1.54) is 4.68 Å². The highest BCUT2D eigenvalue weighted by Gasteiger charge is 2.17. The van der Waals surface area contributed by atoms with E-state index in [0.717, 1.165) is 0 Å². The maximum Gasteiger partial charge on any atom is 0.151 e. The molecule has 2 rings (SSSR count). The Balaban J connectivity index is 2.65. The molecule has 0 aliphatic rings. The van der Waals surface area contributed by atoms with Crippen LogP contribution in [0.1, 0.15) is 18.2 Å². The normalized spacial score (nSPS) is 10.4. The molecule has 1 heterocycles. The van der Waals surface area contributed by atoms with Crippen LogP contribution >= 0.6 is 34.8 Å². The van der Waals surface area contributed by atoms with Crippen molar-refractivity contribution in [3.63, 3.8) is 0 Å². The maximum atomic E-state index is 9.06. The number of halogens is 3. The van der Waals surface area contributed by atoms with Gasteiger partial charge in [-0.25, -0.2) is 4.68 Å². The summed E-state index contributed by atoms with van der Waals surface area (Å²) >= 11 is 18.1. The average Bonchev–Trinajstić information content (AvgIpc) is 2.66. The summed E-state index contributed by atoms with van der Waals surface area (Å²) in [5.41, 5.74) is 1.63. The second-order valence-electron chi connectivity index (χ2n) is 3.59. The van der Waals surface area contributed by atoms with Crippen molar-refractivity contribution in [2.75, 3.05) is 0 Å². The van der Waals surface area contributed by atoms with Crippen molar-refractivity contribution in [2.45, 2.75) is 13.3 Å². The molecule has 0 atom stereocenters. The predicted octanol–water partition coefficient (Wildman–Crippen LogP) is 4.27. The number of benzene rings is 1. The first kappa shape index (κ1) is 13.2. The molecule has 2 aromatic rings. The lowest BCUT2D eigenvalue weighted by Gasteiger charge is -2.05. The highest BCUT2D eigenvalue weighted by molar-refractivity contribution is 6.36. The Hall–Kier alpha value is -1.21. The molecule has 0 N–H and O–H groups in total. The highest BCUT2D eigenvalue weighted by atomic mass is 35.5. The largest absolute Gasteiger partial charge is 0.219 e. The van der Waals surface area contributed by atoms with Gasteiger partial charge < -0.3 is 0 Å². The van der Waals surface area contributed by atoms with E-state index in [4.69, 9.17) is 40.1 Å². The zero-order valence-electron chi connectivity index (χ0n) is 9.41. The van der Waals surface area contributed by atoms with Gasteiger partial charge in [0.2, 0.25) is 0 Å². The first-order valence-corrected chi connectivity index (χ1v) is 6.34. The van der Waals surface area contributed by atoms with Crippen LogP contribution in [0.3, 0.4) is 0 Å². The van der Waals surface area contributed by atoms with Crippen LogP contribution in [-0.2, 0) is 6.42 Å². The Morgan fingerprint density at radius 1 is 1.33 bits per heavy atom. The van der Waals surface area contributed by atoms with E-state index < -0.39 is 0 Å². The van der Waals surface area contributed by atoms with Crippen LogP contribution in [0.2, 0.25) is 15.2 Å². The summed E-state index contributed by atoms with van der Waals surface area (Å²) in [6.45, 7) is 1.91. The minimum absolute atomic E-state index is 0.263. The Morgan fingerprint density at radius 3 is 2.56 bits per heavy atom. The van der Waals surface area contributed by atoms with Gasteiger partial charge in [0.15, 0.2) is 5.15 Å². The zero-order chi connectivity index (χ0) is 13.3. The molecule has 0 spiro atoms. The van der Waals surface area contributed by atoms with E-state index in [1.54, 1.807) is 18.2 Å². The molecule has 0 unspecified atom stereocenters. The molecule has 3 nitrogen and oxygen atoms in total. The molecule has 0 amide bonds. The Morgan fingerprint density at radius 2 is 2.06 bits per heavy atom. The number of hydrogen-bond donors (Lipinski definition) is 0. The molecule has 0 bridgehead atoms. The van der Waals surface area contributed by atoms with Crippen molar-refractivity contribution >= 4 is 34.8 Å². The van der Waals surface area contributed by atoms with Gasteiger partial charge in [0.1, 0.15) is 11.6 Å². The summed E-state index contributed by atoms with van der Waals surface area (Å²) in [7, 11) is 0. The quantitative estimate of drug-likeness (QED) is 0.831. The lowest BCUT2D eigenvalue weighted by molar-refractivity contribution is 0.842. The summed E-state index contributed by atoms with van der Waals surface area (Å²) < 4.78 is 1.46. The molecule has 1 aromatic heterocycles. The fourth-order valence-electron chi connectivity index (χ4n) is 1.61. The Kier molecular flexibility index (Phi) is 3.82. The molecule has 0 radical (unpaired) electrons. The van der Waals surface area contributed by atoms with E-state index >= 15 is 0 Å². The summed E-state index contributed by atoms with van der Waals surface area (Å²) in [5, 5.41) is 14.6. The monoisotopic (exact) mass is 299 g/mol. The van der Waals surface area contributed by atoms with Crippen LogP contribution in [0.25, 0.3) is 5.69 Å². The third kappa shape index (κ3) is 2.20. The van der Waals surface area contributed by atoms with Gasteiger partial charge in [0, 0.05) is 5.02 Å². The van der Waals surface area contributed by atoms with Gasteiger partial charge in [-0.3, -0.25) is 0 Å². The van der Waals surface area contributed by atoms with Gasteiger partial charge in [-0.05, 0) is 24.6 Å². The molecule has 0 aliphatic carbocycles. The van der Waals surface area contributed by atoms with E-state index in [0.29, 0.717) is 33.4 Å². The summed E-state index contributed by atoms with van der Waals surface area (Å²) in [6.07, 6.45) is 0.626. The molecule has 92 valence electrons. The fourth-order valence-corrected chi connectivity index (χ4v) is 2.38. The Bertz CT molecular complexity index is 641. The highest BCUT2D eigenvalue weighted by Crippen LogP contribution is 2.29. The number of rotatable bonds is 2. The topological polar surface area (TPSA) is 41.6 Å². The Labute approximate surface area is 119 Å². The lowest BCUT2D eigenvalue weighted by atomic mass is 10.2. The summed E-state index contributed by atoms with van der Waals surface area (Å²) in [6, 6.07) is 7.06. The molecule has 0 aliphatic heterocycles. The van der Waals surface area contributed by atoms with Crippen molar-refractivity contribution in [2.24, 2.45) is 0 Å². The van der Waals surface area contributed by atoms with Gasteiger partial charge in [-0.1, -0.05) is 41.7 Å². The average molecular weight is 301 g/mol. The van der Waals surface area contributed by atoms with Gasteiger partial charge in [0.25, 0.3) is 0 Å². The molecular formula is C12H8Cl3N3. The van der Waals surface area contributed by atoms with Crippen molar-refractivity contribution in [1.29, 1.82) is 5.26 Å². The van der Waals surface area contributed by atoms with Gasteiger partial charge in [-0.15, -0.1) is 0 Å². The number of nitrogens with zero attached hydrogens (tertiary/aromatic N) is 3. The molecule has 0 fully saturated rings. The SMILES string of the molecule is CCc1nn(-c2ccc(Cl)cc2Cl)c(Cl)c1C#N. The standard InChI is InChI=1S/C12H8Cl3N3/c1-2-10-8(6-16)12(15)18(17-10)11-4-3-7(13)5-9(11)14/h3-5H,2H2,1H3. The van der Waals surface area contributed by atoms with E-state index in [1.807, 2.05) is 6.92 Å². The van der Waals surface area contributed by atoms with Crippen LogP contribution < -0.4 is 0 Å². The molecule has 18 heavy (non-hydrogen) atoms. The number of aromatic nitrogens is 2. The number of nitriles is 1. The minimum atomic E-state index is 0.263. The molecule has 1 aromatic carbocycles. The zero-order valence-corrected chi connectivity index (χ0v) is 11.7. The summed E-state index contributed by atoms with van der Waals surface area (Å²) in [4.78, 5) is 0. The molecular weight excluding hydrogens is 293 g/mol. The van der Waals surface area contributed by atoms with Crippen LogP contribution in [0.5, 0.6) is 0 Å². The van der Waals surface area contributed by atoms with Crippen LogP contribution in [0, 0.1) is 11.3 Å². The number of hydrogen-bond acceptors (Lipinski definition) is 2. The molecule has 6 heteroatoms. The third-order valence-corrected chi connectivity index (χ3v) is 3.37. The van der Waals surface area contributed by atoms with Gasteiger partial charge in [0.05, 0.1) is 16.4 Å². The van der Waals surface area contributed by atoms with Gasteiger partial charge in [-0.2, -0.15) is 10.4 Å². The van der Waals surface area contributed by atoms with Crippen LogP contribution in [0.4, 0.5) is 0 Å². The van der Waals surface area contributed by atoms with Gasteiger partial charge >= 0.3 is 0 Å². The van der Waals surface area contributed by atoms with E-state index in [-0.39, 0.29) is 5.15 Å². The second kappa shape index (κ2) is 5.19. The smallest absolute Gasteiger partial charge is 0.151 e. The van der Waals surface area contributed by atoms with Crippen molar-refractivity contribution in [1.82, 2.24) is 9.78 Å². The first-order chi connectivity index (χ1) is 8.58. The third-order valence-electron chi connectivity index (χ3n) is 2.49. The lowest BCUT2D eigenvalue weighted by Crippen LogP contribution is -1.98. The van der Waals surface area contributed by atoms with Crippen LogP contribution in [-0.4, -0.2) is 9.78 Å². The van der Waals surface area contributed by atoms with Crippen molar-refractivity contribution in [3.05, 3.63) is 44.7 Å². The van der Waals surface area contributed by atoms with Crippen molar-refractivity contribution in [3.8, 4) is 11.8 Å². The van der Waals surface area contributed by atoms with Crippen molar-refractivity contribution < 1.29 is 0 Å². The maximum absolute atomic E-state index is 9.06. The summed E-state index contributed by atoms with van der Waals surface area (Å²) in [5.74, 6) is 0. The second-order valence-corrected chi connectivity index (χ2v) is 4.79. The minimum Gasteiger partial charge on any atom is -0.219 e. The molecule has 0 saturated carbocycles. The van der Waals surface area contributed by atoms with E-state index in [2.05, 4.69) is 11.2 Å². The molecule has 0 saturated heterocycles. The predicted molar refractivity (Wildman–Crippen MR) is 72.7 cm³/mol. The fraction of sp³-hybridized carbons (Fsp3) is 0.167.